The summed E-state index contributed by atoms with van der Waals surface area (Å²) in [4.78, 5) is 17.2. The molecule has 2 saturated heterocycles. The van der Waals surface area contributed by atoms with Crippen LogP contribution < -0.4 is 4.74 Å². The van der Waals surface area contributed by atoms with Crippen LogP contribution in [0.1, 0.15) is 44.6 Å². The summed E-state index contributed by atoms with van der Waals surface area (Å²) in [5, 5.41) is 0. The van der Waals surface area contributed by atoms with Gasteiger partial charge >= 0.3 is 0 Å². The fourth-order valence-electron chi connectivity index (χ4n) is 3.94. The fraction of sp³-hybridized carbons (Fsp3) is 0.571. The van der Waals surface area contributed by atoms with Crippen LogP contribution in [-0.4, -0.2) is 54.5 Å². The molecule has 0 aliphatic carbocycles. The van der Waals surface area contributed by atoms with Crippen LogP contribution in [0.3, 0.4) is 0 Å². The van der Waals surface area contributed by atoms with E-state index in [1.807, 2.05) is 36.1 Å². The highest BCUT2D eigenvalue weighted by Gasteiger charge is 2.26. The summed E-state index contributed by atoms with van der Waals surface area (Å²) >= 11 is 3.49. The number of rotatable bonds is 5. The second kappa shape index (κ2) is 9.56. The number of amides is 1. The molecule has 2 aliphatic rings. The van der Waals surface area contributed by atoms with Gasteiger partial charge in [0.1, 0.15) is 5.75 Å². The molecule has 26 heavy (non-hydrogen) atoms. The molecule has 0 atom stereocenters. The average Bonchev–Trinajstić information content (AvgIpc) is 2.69. The fourth-order valence-corrected chi connectivity index (χ4v) is 4.32. The van der Waals surface area contributed by atoms with Crippen molar-refractivity contribution in [2.24, 2.45) is 0 Å². The lowest BCUT2D eigenvalue weighted by Gasteiger charge is -2.40. The lowest BCUT2D eigenvalue weighted by molar-refractivity contribution is -0.127. The van der Waals surface area contributed by atoms with E-state index in [1.165, 1.54) is 32.4 Å². The maximum Gasteiger partial charge on any atom is 0.246 e. The number of hydrogen-bond acceptors (Lipinski definition) is 3. The molecule has 0 N–H and O–H groups in total. The van der Waals surface area contributed by atoms with Crippen molar-refractivity contribution in [3.63, 3.8) is 0 Å². The molecular weight excluding hydrogens is 392 g/mol. The highest BCUT2D eigenvalue weighted by Crippen LogP contribution is 2.25. The molecule has 3 rings (SSSR count). The van der Waals surface area contributed by atoms with Gasteiger partial charge in [0.2, 0.25) is 5.91 Å². The van der Waals surface area contributed by atoms with E-state index < -0.39 is 0 Å². The Hall–Kier alpha value is -1.33. The number of piperidine rings is 2. The topological polar surface area (TPSA) is 32.8 Å². The van der Waals surface area contributed by atoms with Gasteiger partial charge in [-0.25, -0.2) is 0 Å². The first-order valence-electron chi connectivity index (χ1n) is 9.80. The monoisotopic (exact) mass is 420 g/mol. The second-order valence-electron chi connectivity index (χ2n) is 7.10. The van der Waals surface area contributed by atoms with E-state index in [9.17, 15) is 4.79 Å². The second-order valence-corrected chi connectivity index (χ2v) is 8.02. The van der Waals surface area contributed by atoms with Crippen LogP contribution >= 0.6 is 15.9 Å². The molecule has 2 fully saturated rings. The summed E-state index contributed by atoms with van der Waals surface area (Å²) in [6.07, 6.45) is 9.78. The Morgan fingerprint density at radius 2 is 1.92 bits per heavy atom. The molecule has 1 amide bonds. The SMILES string of the molecule is CCOc1ccc(Br)cc1C=CC(=O)N1CCC(N2CCCCC2)CC1. The lowest BCUT2D eigenvalue weighted by Crippen LogP contribution is -2.47. The van der Waals surface area contributed by atoms with Crippen molar-refractivity contribution in [2.45, 2.75) is 45.1 Å². The van der Waals surface area contributed by atoms with Gasteiger partial charge in [0.15, 0.2) is 0 Å². The Morgan fingerprint density at radius 1 is 1.19 bits per heavy atom. The van der Waals surface area contributed by atoms with Crippen molar-refractivity contribution in [1.29, 1.82) is 0 Å². The normalized spacial score (nSPS) is 19.8. The first-order valence-corrected chi connectivity index (χ1v) is 10.6. The van der Waals surface area contributed by atoms with E-state index in [0.29, 0.717) is 12.6 Å². The molecule has 2 heterocycles. The number of benzene rings is 1. The summed E-state index contributed by atoms with van der Waals surface area (Å²) in [6, 6.07) is 6.53. The minimum absolute atomic E-state index is 0.101. The summed E-state index contributed by atoms with van der Waals surface area (Å²) in [7, 11) is 0. The maximum atomic E-state index is 12.6. The molecule has 4 nitrogen and oxygen atoms in total. The molecule has 1 aromatic rings. The number of likely N-dealkylation sites (tertiary alicyclic amines) is 2. The molecule has 5 heteroatoms. The zero-order chi connectivity index (χ0) is 18.4. The van der Waals surface area contributed by atoms with Gasteiger partial charge in [-0.2, -0.15) is 0 Å². The van der Waals surface area contributed by atoms with Gasteiger partial charge in [-0.05, 0) is 70.0 Å². The predicted molar refractivity (Wildman–Crippen MR) is 109 cm³/mol. The van der Waals surface area contributed by atoms with Crippen molar-refractivity contribution in [1.82, 2.24) is 9.80 Å². The third kappa shape index (κ3) is 5.10. The molecule has 0 saturated carbocycles. The molecule has 0 spiro atoms. The third-order valence-electron chi connectivity index (χ3n) is 5.36. The average molecular weight is 421 g/mol. The van der Waals surface area contributed by atoms with E-state index in [1.54, 1.807) is 6.08 Å². The summed E-state index contributed by atoms with van der Waals surface area (Å²) in [6.45, 7) is 6.78. The van der Waals surface area contributed by atoms with Gasteiger partial charge in [-0.15, -0.1) is 0 Å². The summed E-state index contributed by atoms with van der Waals surface area (Å²) < 4.78 is 6.63. The Bertz CT molecular complexity index is 633. The number of halogens is 1. The standard InChI is InChI=1S/C21H29BrN2O2/c1-2-26-20-8-7-18(22)16-17(20)6-9-21(25)24-14-10-19(11-15-24)23-12-4-3-5-13-23/h6-9,16,19H,2-5,10-15H2,1H3. The van der Waals surface area contributed by atoms with Gasteiger partial charge in [-0.1, -0.05) is 22.4 Å². The minimum Gasteiger partial charge on any atom is -0.493 e. The Labute approximate surface area is 165 Å². The third-order valence-corrected chi connectivity index (χ3v) is 5.85. The Morgan fingerprint density at radius 3 is 2.62 bits per heavy atom. The van der Waals surface area contributed by atoms with E-state index in [0.717, 1.165) is 41.7 Å². The Kier molecular flexibility index (Phi) is 7.15. The van der Waals surface area contributed by atoms with Crippen LogP contribution in [0, 0.1) is 0 Å². The molecule has 0 bridgehead atoms. The summed E-state index contributed by atoms with van der Waals surface area (Å²) in [5.41, 5.74) is 0.928. The van der Waals surface area contributed by atoms with Crippen LogP contribution in [-0.2, 0) is 4.79 Å². The number of nitrogens with zero attached hydrogens (tertiary/aromatic N) is 2. The molecule has 0 aromatic heterocycles. The highest BCUT2D eigenvalue weighted by molar-refractivity contribution is 9.10. The van der Waals surface area contributed by atoms with Crippen molar-refractivity contribution >= 4 is 27.9 Å². The highest BCUT2D eigenvalue weighted by atomic mass is 79.9. The lowest BCUT2D eigenvalue weighted by atomic mass is 10.00. The van der Waals surface area contributed by atoms with Gasteiger partial charge in [0, 0.05) is 35.2 Å². The van der Waals surface area contributed by atoms with Crippen molar-refractivity contribution in [3.05, 3.63) is 34.3 Å². The molecule has 0 unspecified atom stereocenters. The number of ether oxygens (including phenoxy) is 1. The van der Waals surface area contributed by atoms with Crippen molar-refractivity contribution in [3.8, 4) is 5.75 Å². The summed E-state index contributed by atoms with van der Waals surface area (Å²) in [5.74, 6) is 0.910. The molecule has 142 valence electrons. The van der Waals surface area contributed by atoms with E-state index >= 15 is 0 Å². The smallest absolute Gasteiger partial charge is 0.246 e. The van der Waals surface area contributed by atoms with Crippen LogP contribution in [0.2, 0.25) is 0 Å². The number of carbonyl (C=O) groups excluding carboxylic acids is 1. The largest absolute Gasteiger partial charge is 0.493 e. The van der Waals surface area contributed by atoms with Gasteiger partial charge in [0.25, 0.3) is 0 Å². The molecule has 2 aliphatic heterocycles. The van der Waals surface area contributed by atoms with Crippen LogP contribution in [0.5, 0.6) is 5.75 Å². The van der Waals surface area contributed by atoms with Crippen LogP contribution in [0.15, 0.2) is 28.7 Å². The van der Waals surface area contributed by atoms with Gasteiger partial charge in [0.05, 0.1) is 6.61 Å². The van der Waals surface area contributed by atoms with E-state index in [2.05, 4.69) is 20.8 Å². The number of hydrogen-bond donors (Lipinski definition) is 0. The van der Waals surface area contributed by atoms with Gasteiger partial charge in [-0.3, -0.25) is 4.79 Å². The molecule has 1 aromatic carbocycles. The van der Waals surface area contributed by atoms with E-state index in [4.69, 9.17) is 4.74 Å². The molecular formula is C21H29BrN2O2. The first kappa shape index (κ1) is 19.4. The number of carbonyl (C=O) groups is 1. The maximum absolute atomic E-state index is 12.6. The van der Waals surface area contributed by atoms with Crippen LogP contribution in [0.25, 0.3) is 6.08 Å². The predicted octanol–water partition coefficient (Wildman–Crippen LogP) is 4.34. The Balaban J connectivity index is 1.55. The van der Waals surface area contributed by atoms with Crippen molar-refractivity contribution in [2.75, 3.05) is 32.8 Å². The molecule has 0 radical (unpaired) electrons. The van der Waals surface area contributed by atoms with Crippen molar-refractivity contribution < 1.29 is 9.53 Å². The van der Waals surface area contributed by atoms with E-state index in [-0.39, 0.29) is 5.91 Å². The van der Waals surface area contributed by atoms with Crippen LogP contribution in [0.4, 0.5) is 0 Å². The zero-order valence-corrected chi connectivity index (χ0v) is 17.2. The first-order chi connectivity index (χ1) is 12.7. The minimum atomic E-state index is 0.101. The quantitative estimate of drug-likeness (QED) is 0.664. The zero-order valence-electron chi connectivity index (χ0n) is 15.6. The van der Waals surface area contributed by atoms with Gasteiger partial charge < -0.3 is 14.5 Å².